The van der Waals surface area contributed by atoms with Crippen LogP contribution in [0.4, 0.5) is 11.6 Å². The first-order chi connectivity index (χ1) is 9.20. The maximum Gasteiger partial charge on any atom is 0.315 e. The van der Waals surface area contributed by atoms with Gasteiger partial charge in [-0.15, -0.1) is 4.98 Å². The number of rotatable bonds is 3. The van der Waals surface area contributed by atoms with Crippen LogP contribution in [0.15, 0.2) is 41.5 Å². The summed E-state index contributed by atoms with van der Waals surface area (Å²) in [6.07, 6.45) is 3.23. The smallest absolute Gasteiger partial charge is 0.315 e. The van der Waals surface area contributed by atoms with Crippen LogP contribution in [0.1, 0.15) is 0 Å². The molecule has 1 aromatic carbocycles. The summed E-state index contributed by atoms with van der Waals surface area (Å²) < 4.78 is 0. The second-order valence-electron chi connectivity index (χ2n) is 4.09. The predicted molar refractivity (Wildman–Crippen MR) is 75.6 cm³/mol. The van der Waals surface area contributed by atoms with E-state index < -0.39 is 0 Å². The van der Waals surface area contributed by atoms with Gasteiger partial charge in [0, 0.05) is 19.7 Å². The third kappa shape index (κ3) is 3.13. The number of hydrogen-bond donors (Lipinski definition) is 0. The van der Waals surface area contributed by atoms with Gasteiger partial charge in [0.1, 0.15) is 0 Å². The summed E-state index contributed by atoms with van der Waals surface area (Å²) in [6.45, 7) is 7.16. The largest absolute Gasteiger partial charge is 0.369 e. The number of hydrogen-bond acceptors (Lipinski definition) is 3. The van der Waals surface area contributed by atoms with Crippen LogP contribution in [0.2, 0.25) is 0 Å². The molecule has 0 radical (unpaired) electrons. The molecule has 0 unspecified atom stereocenters. The molecule has 0 spiro atoms. The van der Waals surface area contributed by atoms with E-state index in [9.17, 15) is 0 Å². The van der Waals surface area contributed by atoms with Crippen LogP contribution >= 0.6 is 0 Å². The molecule has 94 valence electrons. The summed E-state index contributed by atoms with van der Waals surface area (Å²) in [5.41, 5.74) is 1.61. The fraction of sp³-hybridized carbons (Fsp3) is 0.143. The lowest BCUT2D eigenvalue weighted by Crippen LogP contribution is -2.07. The first kappa shape index (κ1) is 12.7. The molecule has 19 heavy (non-hydrogen) atoms. The van der Waals surface area contributed by atoms with Gasteiger partial charge in [0.25, 0.3) is 0 Å². The molecule has 0 aliphatic rings. The minimum Gasteiger partial charge on any atom is -0.369 e. The van der Waals surface area contributed by atoms with Crippen LogP contribution in [-0.4, -0.2) is 35.3 Å². The van der Waals surface area contributed by atoms with Crippen LogP contribution < -0.4 is 0 Å². The molecule has 0 atom stereocenters. The van der Waals surface area contributed by atoms with Gasteiger partial charge >= 0.3 is 5.82 Å². The van der Waals surface area contributed by atoms with Crippen molar-refractivity contribution in [1.82, 2.24) is 14.9 Å². The molecule has 5 heteroatoms. The Morgan fingerprint density at radius 1 is 1.26 bits per heavy atom. The fourth-order valence-electron chi connectivity index (χ4n) is 1.46. The molecule has 0 aliphatic heterocycles. The summed E-state index contributed by atoms with van der Waals surface area (Å²) >= 11 is 0. The van der Waals surface area contributed by atoms with E-state index in [-0.39, 0.29) is 5.82 Å². The van der Waals surface area contributed by atoms with Crippen LogP contribution in [-0.2, 0) is 0 Å². The van der Waals surface area contributed by atoms with Crippen LogP contribution in [0.3, 0.4) is 0 Å². The third-order valence-electron chi connectivity index (χ3n) is 2.32. The average molecular weight is 251 g/mol. The highest BCUT2D eigenvalue weighted by molar-refractivity contribution is 5.69. The van der Waals surface area contributed by atoms with Crippen molar-refractivity contribution in [3.63, 3.8) is 0 Å². The maximum absolute atomic E-state index is 7.16. The monoisotopic (exact) mass is 251 g/mol. The lowest BCUT2D eigenvalue weighted by Gasteiger charge is -2.03. The maximum atomic E-state index is 7.16. The molecule has 0 saturated heterocycles. The number of benzene rings is 1. The minimum atomic E-state index is 0.208. The van der Waals surface area contributed by atoms with E-state index in [0.717, 1.165) is 5.56 Å². The van der Waals surface area contributed by atoms with Gasteiger partial charge in [-0.05, 0) is 0 Å². The highest BCUT2D eigenvalue weighted by Gasteiger charge is 2.10. The van der Waals surface area contributed by atoms with Crippen LogP contribution in [0.25, 0.3) is 16.1 Å². The van der Waals surface area contributed by atoms with Gasteiger partial charge in [-0.1, -0.05) is 36.9 Å². The minimum absolute atomic E-state index is 0.208. The lowest BCUT2D eigenvalue weighted by molar-refractivity contribution is 0.643. The molecule has 2 rings (SSSR count). The van der Waals surface area contributed by atoms with E-state index in [1.165, 1.54) is 0 Å². The van der Waals surface area contributed by atoms with Gasteiger partial charge in [0.2, 0.25) is 0 Å². The SMILES string of the molecule is [C-]#[N+]c1nc(-c2ccccc2)cnc1/N=C/N(C)C. The molecule has 0 aliphatic carbocycles. The summed E-state index contributed by atoms with van der Waals surface area (Å²) in [6, 6.07) is 9.64. The van der Waals surface area contributed by atoms with Crippen LogP contribution in [0.5, 0.6) is 0 Å². The Morgan fingerprint density at radius 2 is 2.00 bits per heavy atom. The van der Waals surface area contributed by atoms with Gasteiger partial charge in [0.15, 0.2) is 11.5 Å². The fourth-order valence-corrected chi connectivity index (χ4v) is 1.46. The molecule has 2 aromatic rings. The van der Waals surface area contributed by atoms with E-state index in [2.05, 4.69) is 19.8 Å². The zero-order valence-electron chi connectivity index (χ0n) is 10.8. The highest BCUT2D eigenvalue weighted by atomic mass is 15.1. The topological polar surface area (TPSA) is 45.7 Å². The Labute approximate surface area is 112 Å². The van der Waals surface area contributed by atoms with Gasteiger partial charge in [-0.2, -0.15) is 0 Å². The molecular weight excluding hydrogens is 238 g/mol. The molecule has 0 bridgehead atoms. The Balaban J connectivity index is 2.40. The van der Waals surface area contributed by atoms with Gasteiger partial charge in [-0.3, -0.25) is 0 Å². The average Bonchev–Trinajstić information content (AvgIpc) is 2.45. The van der Waals surface area contributed by atoms with E-state index in [1.54, 1.807) is 17.4 Å². The standard InChI is InChI=1S/C14H13N5/c1-15-13-14(17-10-19(2)3)16-9-12(18-13)11-7-5-4-6-8-11/h4-10H,2-3H3/b17-10+. The van der Waals surface area contributed by atoms with Gasteiger partial charge < -0.3 is 9.74 Å². The second-order valence-corrected chi connectivity index (χ2v) is 4.09. The Kier molecular flexibility index (Phi) is 3.84. The first-order valence-corrected chi connectivity index (χ1v) is 5.71. The third-order valence-corrected chi connectivity index (χ3v) is 2.32. The molecule has 0 saturated carbocycles. The van der Waals surface area contributed by atoms with Crippen molar-refractivity contribution in [1.29, 1.82) is 0 Å². The Hall–Kier alpha value is -2.74. The van der Waals surface area contributed by atoms with Gasteiger partial charge in [-0.25, -0.2) is 9.98 Å². The number of nitrogens with zero attached hydrogens (tertiary/aromatic N) is 5. The Morgan fingerprint density at radius 3 is 2.63 bits per heavy atom. The van der Waals surface area contributed by atoms with E-state index in [1.807, 2.05) is 44.4 Å². The van der Waals surface area contributed by atoms with E-state index in [0.29, 0.717) is 11.5 Å². The van der Waals surface area contributed by atoms with Gasteiger partial charge in [0.05, 0.1) is 12.5 Å². The predicted octanol–water partition coefficient (Wildman–Crippen LogP) is 2.92. The molecule has 5 nitrogen and oxygen atoms in total. The van der Waals surface area contributed by atoms with Crippen molar-refractivity contribution < 1.29 is 0 Å². The number of aliphatic imine (C=N–C) groups is 1. The van der Waals surface area contributed by atoms with Crippen molar-refractivity contribution in [3.05, 3.63) is 47.9 Å². The van der Waals surface area contributed by atoms with Crippen molar-refractivity contribution in [2.75, 3.05) is 14.1 Å². The van der Waals surface area contributed by atoms with E-state index >= 15 is 0 Å². The highest BCUT2D eigenvalue weighted by Crippen LogP contribution is 2.26. The van der Waals surface area contributed by atoms with Crippen molar-refractivity contribution in [3.8, 4) is 11.3 Å². The second kappa shape index (κ2) is 5.74. The number of aromatic nitrogens is 2. The Bertz CT molecular complexity index is 626. The van der Waals surface area contributed by atoms with Crippen molar-refractivity contribution in [2.24, 2.45) is 4.99 Å². The quantitative estimate of drug-likeness (QED) is 0.478. The summed E-state index contributed by atoms with van der Waals surface area (Å²) in [4.78, 5) is 17.8. The lowest BCUT2D eigenvalue weighted by atomic mass is 10.2. The van der Waals surface area contributed by atoms with E-state index in [4.69, 9.17) is 6.57 Å². The first-order valence-electron chi connectivity index (χ1n) is 5.71. The summed E-state index contributed by atoms with van der Waals surface area (Å²) in [5, 5.41) is 0. The van der Waals surface area contributed by atoms with Crippen molar-refractivity contribution in [2.45, 2.75) is 0 Å². The van der Waals surface area contributed by atoms with Crippen molar-refractivity contribution >= 4 is 18.0 Å². The van der Waals surface area contributed by atoms with Crippen LogP contribution in [0, 0.1) is 6.57 Å². The molecule has 1 heterocycles. The zero-order chi connectivity index (χ0) is 13.7. The molecule has 0 fully saturated rings. The molecule has 0 amide bonds. The zero-order valence-corrected chi connectivity index (χ0v) is 10.8. The normalized spacial score (nSPS) is 10.4. The molecular formula is C14H13N5. The molecule has 1 aromatic heterocycles. The molecule has 0 N–H and O–H groups in total. The summed E-state index contributed by atoms with van der Waals surface area (Å²) in [7, 11) is 3.71. The summed E-state index contributed by atoms with van der Waals surface area (Å²) in [5.74, 6) is 0.544.